The molecule has 0 aliphatic carbocycles. The van der Waals surface area contributed by atoms with Gasteiger partial charge in [-0.05, 0) is 19.1 Å². The molecule has 2 aromatic heterocycles. The molecule has 6 heteroatoms. The molecule has 0 amide bonds. The number of hydrogen-bond acceptors (Lipinski definition) is 4. The van der Waals surface area contributed by atoms with Gasteiger partial charge < -0.3 is 5.73 Å². The molecule has 3 rings (SSSR count). The predicted octanol–water partition coefficient (Wildman–Crippen LogP) is 1.55. The van der Waals surface area contributed by atoms with Crippen molar-refractivity contribution >= 4 is 5.82 Å². The molecule has 3 aromatic rings. The normalized spacial score (nSPS) is 10.7. The van der Waals surface area contributed by atoms with Gasteiger partial charge in [-0.25, -0.2) is 0 Å². The molecule has 90 valence electrons. The fraction of sp³-hybridized carbons (Fsp3) is 0.0833. The summed E-state index contributed by atoms with van der Waals surface area (Å²) in [5.41, 5.74) is 7.58. The number of H-pyrrole nitrogens is 1. The number of benzene rings is 1. The summed E-state index contributed by atoms with van der Waals surface area (Å²) in [6.45, 7) is 1.90. The van der Waals surface area contributed by atoms with Gasteiger partial charge in [0.25, 0.3) is 0 Å². The number of para-hydroxylation sites is 1. The average Bonchev–Trinajstić information content (AvgIpc) is 2.96. The smallest absolute Gasteiger partial charge is 0.173 e. The molecule has 0 radical (unpaired) electrons. The monoisotopic (exact) mass is 240 g/mol. The van der Waals surface area contributed by atoms with E-state index < -0.39 is 0 Å². The lowest BCUT2D eigenvalue weighted by atomic mass is 10.2. The molecule has 0 aliphatic heterocycles. The van der Waals surface area contributed by atoms with Gasteiger partial charge in [0, 0.05) is 5.69 Å². The molecule has 6 nitrogen and oxygen atoms in total. The Labute approximate surface area is 103 Å². The largest absolute Gasteiger partial charge is 0.383 e. The zero-order chi connectivity index (χ0) is 12.5. The van der Waals surface area contributed by atoms with Crippen molar-refractivity contribution in [1.29, 1.82) is 0 Å². The number of anilines is 1. The maximum atomic E-state index is 5.83. The number of hydrogen-bond donors (Lipinski definition) is 2. The molecule has 0 fully saturated rings. The Kier molecular flexibility index (Phi) is 2.33. The average molecular weight is 240 g/mol. The molecular formula is C12H12N6. The molecule has 0 spiro atoms. The van der Waals surface area contributed by atoms with E-state index in [0.717, 1.165) is 17.1 Å². The van der Waals surface area contributed by atoms with E-state index in [4.69, 9.17) is 5.73 Å². The second-order valence-electron chi connectivity index (χ2n) is 3.94. The minimum Gasteiger partial charge on any atom is -0.383 e. The third-order valence-corrected chi connectivity index (χ3v) is 2.75. The van der Waals surface area contributed by atoms with Gasteiger partial charge in [0.15, 0.2) is 5.82 Å². The zero-order valence-corrected chi connectivity index (χ0v) is 9.83. The first-order chi connectivity index (χ1) is 8.77. The molecule has 0 saturated heterocycles. The van der Waals surface area contributed by atoms with Crippen LogP contribution in [0.2, 0.25) is 0 Å². The molecule has 0 aliphatic rings. The summed E-state index contributed by atoms with van der Waals surface area (Å²) in [5.74, 6) is 1.97. The summed E-state index contributed by atoms with van der Waals surface area (Å²) in [6.07, 6.45) is 1.65. The van der Waals surface area contributed by atoms with E-state index in [1.807, 2.05) is 41.8 Å². The molecule has 1 aromatic carbocycles. The van der Waals surface area contributed by atoms with Crippen LogP contribution < -0.4 is 5.73 Å². The van der Waals surface area contributed by atoms with E-state index in [1.54, 1.807) is 6.20 Å². The molecule has 0 saturated carbocycles. The standard InChI is InChI=1S/C12H12N6/c1-8-15-17-12(10-7-14-16-11(10)13)18(8)9-5-3-2-4-6-9/h2-7H,1H3,(H3,13,14,16). The lowest BCUT2D eigenvalue weighted by Gasteiger charge is -2.07. The lowest BCUT2D eigenvalue weighted by Crippen LogP contribution is -2.00. The maximum absolute atomic E-state index is 5.83. The molecular weight excluding hydrogens is 228 g/mol. The van der Waals surface area contributed by atoms with Crippen LogP contribution in [0, 0.1) is 6.92 Å². The number of aryl methyl sites for hydroxylation is 1. The number of nitrogens with two attached hydrogens (primary N) is 1. The Bertz CT molecular complexity index is 667. The van der Waals surface area contributed by atoms with Crippen LogP contribution in [0.1, 0.15) is 5.82 Å². The van der Waals surface area contributed by atoms with Gasteiger partial charge in [0.05, 0.1) is 11.8 Å². The first-order valence-corrected chi connectivity index (χ1v) is 5.54. The fourth-order valence-corrected chi connectivity index (χ4v) is 1.90. The van der Waals surface area contributed by atoms with Crippen LogP contribution in [0.25, 0.3) is 17.1 Å². The van der Waals surface area contributed by atoms with Gasteiger partial charge in [-0.15, -0.1) is 10.2 Å². The Morgan fingerprint density at radius 3 is 2.61 bits per heavy atom. The highest BCUT2D eigenvalue weighted by Crippen LogP contribution is 2.25. The van der Waals surface area contributed by atoms with Crippen molar-refractivity contribution in [3.05, 3.63) is 42.4 Å². The van der Waals surface area contributed by atoms with Crippen LogP contribution in [0.3, 0.4) is 0 Å². The fourth-order valence-electron chi connectivity index (χ4n) is 1.90. The van der Waals surface area contributed by atoms with Crippen molar-refractivity contribution in [2.45, 2.75) is 6.92 Å². The Morgan fingerprint density at radius 2 is 1.94 bits per heavy atom. The maximum Gasteiger partial charge on any atom is 0.173 e. The van der Waals surface area contributed by atoms with Crippen LogP contribution >= 0.6 is 0 Å². The summed E-state index contributed by atoms with van der Waals surface area (Å²) in [6, 6.07) is 9.90. The number of nitrogen functional groups attached to an aromatic ring is 1. The molecule has 0 bridgehead atoms. The molecule has 0 unspecified atom stereocenters. The van der Waals surface area contributed by atoms with Crippen LogP contribution in [-0.4, -0.2) is 25.0 Å². The first kappa shape index (κ1) is 10.5. The van der Waals surface area contributed by atoms with Gasteiger partial charge in [-0.1, -0.05) is 18.2 Å². The number of aromatic nitrogens is 5. The highest BCUT2D eigenvalue weighted by Gasteiger charge is 2.15. The minimum absolute atomic E-state index is 0.486. The minimum atomic E-state index is 0.486. The first-order valence-electron chi connectivity index (χ1n) is 5.54. The van der Waals surface area contributed by atoms with E-state index >= 15 is 0 Å². The van der Waals surface area contributed by atoms with Gasteiger partial charge >= 0.3 is 0 Å². The van der Waals surface area contributed by atoms with E-state index in [9.17, 15) is 0 Å². The van der Waals surface area contributed by atoms with Crippen LogP contribution in [0.4, 0.5) is 5.82 Å². The van der Waals surface area contributed by atoms with Gasteiger partial charge in [-0.3, -0.25) is 9.67 Å². The lowest BCUT2D eigenvalue weighted by molar-refractivity contribution is 0.972. The Morgan fingerprint density at radius 1 is 1.17 bits per heavy atom. The third kappa shape index (κ3) is 1.55. The van der Waals surface area contributed by atoms with Crippen molar-refractivity contribution in [1.82, 2.24) is 25.0 Å². The van der Waals surface area contributed by atoms with Crippen molar-refractivity contribution < 1.29 is 0 Å². The summed E-state index contributed by atoms with van der Waals surface area (Å²) in [4.78, 5) is 0. The van der Waals surface area contributed by atoms with Crippen LogP contribution in [-0.2, 0) is 0 Å². The van der Waals surface area contributed by atoms with E-state index in [-0.39, 0.29) is 0 Å². The molecule has 3 N–H and O–H groups in total. The quantitative estimate of drug-likeness (QED) is 0.711. The zero-order valence-electron chi connectivity index (χ0n) is 9.83. The van der Waals surface area contributed by atoms with E-state index in [0.29, 0.717) is 11.6 Å². The van der Waals surface area contributed by atoms with Crippen LogP contribution in [0.15, 0.2) is 36.5 Å². The van der Waals surface area contributed by atoms with Crippen molar-refractivity contribution in [3.8, 4) is 17.1 Å². The summed E-state index contributed by atoms with van der Waals surface area (Å²) in [5, 5.41) is 14.9. The summed E-state index contributed by atoms with van der Waals surface area (Å²) >= 11 is 0. The number of aromatic amines is 1. The number of rotatable bonds is 2. The van der Waals surface area contributed by atoms with Crippen molar-refractivity contribution in [3.63, 3.8) is 0 Å². The molecule has 2 heterocycles. The van der Waals surface area contributed by atoms with E-state index in [1.165, 1.54) is 0 Å². The summed E-state index contributed by atoms with van der Waals surface area (Å²) in [7, 11) is 0. The molecule has 0 atom stereocenters. The second kappa shape index (κ2) is 3.99. The second-order valence-corrected chi connectivity index (χ2v) is 3.94. The van der Waals surface area contributed by atoms with Gasteiger partial charge in [0.1, 0.15) is 11.6 Å². The van der Waals surface area contributed by atoms with Crippen molar-refractivity contribution in [2.24, 2.45) is 0 Å². The Balaban J connectivity index is 2.22. The van der Waals surface area contributed by atoms with Gasteiger partial charge in [0.2, 0.25) is 0 Å². The van der Waals surface area contributed by atoms with Crippen molar-refractivity contribution in [2.75, 3.05) is 5.73 Å². The Hall–Kier alpha value is -2.63. The van der Waals surface area contributed by atoms with E-state index in [2.05, 4.69) is 20.4 Å². The predicted molar refractivity (Wildman–Crippen MR) is 68.1 cm³/mol. The number of nitrogens with one attached hydrogen (secondary N) is 1. The summed E-state index contributed by atoms with van der Waals surface area (Å²) < 4.78 is 1.95. The van der Waals surface area contributed by atoms with Crippen LogP contribution in [0.5, 0.6) is 0 Å². The number of nitrogens with zero attached hydrogens (tertiary/aromatic N) is 4. The topological polar surface area (TPSA) is 85.4 Å². The van der Waals surface area contributed by atoms with Gasteiger partial charge in [-0.2, -0.15) is 5.10 Å². The SMILES string of the molecule is Cc1nnc(-c2cn[nH]c2N)n1-c1ccccc1. The molecule has 18 heavy (non-hydrogen) atoms. The highest BCUT2D eigenvalue weighted by molar-refractivity contribution is 5.69. The highest BCUT2D eigenvalue weighted by atomic mass is 15.3. The third-order valence-electron chi connectivity index (χ3n) is 2.75.